The summed E-state index contributed by atoms with van der Waals surface area (Å²) in [6.07, 6.45) is 3.79. The molecule has 0 spiro atoms. The number of thiazole rings is 1. The lowest BCUT2D eigenvalue weighted by atomic mass is 9.96. The Morgan fingerprint density at radius 3 is 2.61 bits per heavy atom. The van der Waals surface area contributed by atoms with Gasteiger partial charge in [0.1, 0.15) is 5.60 Å². The van der Waals surface area contributed by atoms with Crippen LogP contribution >= 0.6 is 11.3 Å². The minimum absolute atomic E-state index is 0.213. The molecule has 2 rings (SSSR count). The van der Waals surface area contributed by atoms with Crippen molar-refractivity contribution in [3.05, 3.63) is 16.1 Å². The zero-order chi connectivity index (χ0) is 20.7. The normalized spacial score (nSPS) is 16.2. The van der Waals surface area contributed by atoms with E-state index in [0.29, 0.717) is 12.5 Å². The van der Waals surface area contributed by atoms with Crippen molar-refractivity contribution in [2.24, 2.45) is 10.9 Å². The minimum atomic E-state index is -0.456. The lowest BCUT2D eigenvalue weighted by Crippen LogP contribution is -2.47. The maximum atomic E-state index is 12.4. The lowest BCUT2D eigenvalue weighted by Gasteiger charge is -2.36. The number of rotatable bonds is 5. The first-order chi connectivity index (χ1) is 13.2. The molecule has 1 aromatic heterocycles. The second-order valence-corrected chi connectivity index (χ2v) is 9.52. The summed E-state index contributed by atoms with van der Waals surface area (Å²) in [5.41, 5.74) is -0.456. The third-order valence-electron chi connectivity index (χ3n) is 4.73. The summed E-state index contributed by atoms with van der Waals surface area (Å²) in [6, 6.07) is 0. The molecule has 1 N–H and O–H groups in total. The van der Waals surface area contributed by atoms with Crippen LogP contribution in [-0.4, -0.2) is 65.7 Å². The van der Waals surface area contributed by atoms with E-state index in [1.54, 1.807) is 11.3 Å². The summed E-state index contributed by atoms with van der Waals surface area (Å²) in [7, 11) is 1.83. The van der Waals surface area contributed by atoms with Crippen molar-refractivity contribution in [3.63, 3.8) is 0 Å². The van der Waals surface area contributed by atoms with E-state index in [1.165, 1.54) is 4.88 Å². The van der Waals surface area contributed by atoms with Crippen molar-refractivity contribution < 1.29 is 9.53 Å². The van der Waals surface area contributed by atoms with Gasteiger partial charge in [-0.25, -0.2) is 9.78 Å². The van der Waals surface area contributed by atoms with Gasteiger partial charge in [-0.05, 0) is 53.4 Å². The maximum absolute atomic E-state index is 12.4. The van der Waals surface area contributed by atoms with Crippen molar-refractivity contribution in [2.75, 3.05) is 33.2 Å². The van der Waals surface area contributed by atoms with E-state index in [4.69, 9.17) is 4.74 Å². The number of aliphatic imine (C=N–C) groups is 1. The third-order valence-corrected chi connectivity index (χ3v) is 5.64. The Labute approximate surface area is 173 Å². The van der Waals surface area contributed by atoms with E-state index >= 15 is 0 Å². The first-order valence-electron chi connectivity index (χ1n) is 10.1. The van der Waals surface area contributed by atoms with Crippen LogP contribution in [0.4, 0.5) is 4.79 Å². The van der Waals surface area contributed by atoms with Gasteiger partial charge >= 0.3 is 6.09 Å². The SMILES string of the molecule is CCN(CC1CCN(C(=NC)NCc2cnc(C)s2)CC1)C(=O)OC(C)(C)C. The Balaban J connectivity index is 1.81. The van der Waals surface area contributed by atoms with E-state index in [0.717, 1.165) is 50.0 Å². The Kier molecular flexibility index (Phi) is 8.10. The average molecular weight is 410 g/mol. The second-order valence-electron chi connectivity index (χ2n) is 8.20. The highest BCUT2D eigenvalue weighted by Crippen LogP contribution is 2.20. The average Bonchev–Trinajstić information content (AvgIpc) is 3.05. The van der Waals surface area contributed by atoms with Gasteiger partial charge in [-0.3, -0.25) is 4.99 Å². The van der Waals surface area contributed by atoms with E-state index in [1.807, 2.05) is 52.8 Å². The van der Waals surface area contributed by atoms with Gasteiger partial charge in [0.15, 0.2) is 5.96 Å². The van der Waals surface area contributed by atoms with Crippen LogP contribution in [0.3, 0.4) is 0 Å². The Hall–Kier alpha value is -1.83. The number of aryl methyl sites for hydroxylation is 1. The number of aromatic nitrogens is 1. The second kappa shape index (κ2) is 10.1. The molecule has 0 radical (unpaired) electrons. The molecular formula is C20H35N5O2S. The molecule has 158 valence electrons. The number of piperidine rings is 1. The number of nitrogens with zero attached hydrogens (tertiary/aromatic N) is 4. The highest BCUT2D eigenvalue weighted by molar-refractivity contribution is 7.11. The van der Waals surface area contributed by atoms with Gasteiger partial charge in [0, 0.05) is 44.3 Å². The van der Waals surface area contributed by atoms with Crippen LogP contribution in [0.5, 0.6) is 0 Å². The largest absolute Gasteiger partial charge is 0.444 e. The number of amides is 1. The molecular weight excluding hydrogens is 374 g/mol. The van der Waals surface area contributed by atoms with Crippen LogP contribution in [0.15, 0.2) is 11.2 Å². The van der Waals surface area contributed by atoms with Crippen LogP contribution in [-0.2, 0) is 11.3 Å². The van der Waals surface area contributed by atoms with E-state index in [2.05, 4.69) is 20.2 Å². The van der Waals surface area contributed by atoms with Gasteiger partial charge in [-0.1, -0.05) is 0 Å². The molecule has 7 nitrogen and oxygen atoms in total. The van der Waals surface area contributed by atoms with Gasteiger partial charge < -0.3 is 19.9 Å². The maximum Gasteiger partial charge on any atom is 0.410 e. The predicted octanol–water partition coefficient (Wildman–Crippen LogP) is 3.50. The first kappa shape index (κ1) is 22.5. The first-order valence-corrected chi connectivity index (χ1v) is 10.9. The number of guanidine groups is 1. The van der Waals surface area contributed by atoms with Crippen molar-refractivity contribution >= 4 is 23.4 Å². The molecule has 0 saturated carbocycles. The van der Waals surface area contributed by atoms with Crippen LogP contribution in [0, 0.1) is 12.8 Å². The molecule has 1 fully saturated rings. The fraction of sp³-hybridized carbons (Fsp3) is 0.750. The highest BCUT2D eigenvalue weighted by atomic mass is 32.1. The summed E-state index contributed by atoms with van der Waals surface area (Å²) in [6.45, 7) is 13.8. The molecule has 1 saturated heterocycles. The van der Waals surface area contributed by atoms with Gasteiger partial charge in [0.25, 0.3) is 0 Å². The zero-order valence-corrected chi connectivity index (χ0v) is 18.9. The number of carbonyl (C=O) groups excluding carboxylic acids is 1. The number of hydrogen-bond acceptors (Lipinski definition) is 5. The number of nitrogens with one attached hydrogen (secondary N) is 1. The molecule has 0 bridgehead atoms. The van der Waals surface area contributed by atoms with Gasteiger partial charge in [0.05, 0.1) is 11.6 Å². The van der Waals surface area contributed by atoms with Crippen molar-refractivity contribution in [3.8, 4) is 0 Å². The standard InChI is InChI=1S/C20H35N5O2S/c1-7-24(19(26)27-20(3,4)5)14-16-8-10-25(11-9-16)18(21-6)23-13-17-12-22-15(2)28-17/h12,16H,7-11,13-14H2,1-6H3,(H,21,23). The lowest BCUT2D eigenvalue weighted by molar-refractivity contribution is 0.0214. The number of ether oxygens (including phenoxy) is 1. The van der Waals surface area contributed by atoms with E-state index in [-0.39, 0.29) is 6.09 Å². The van der Waals surface area contributed by atoms with Crippen LogP contribution in [0.1, 0.15) is 50.4 Å². The zero-order valence-electron chi connectivity index (χ0n) is 18.1. The Bertz CT molecular complexity index is 660. The van der Waals surface area contributed by atoms with Crippen molar-refractivity contribution in [1.82, 2.24) is 20.1 Å². The predicted molar refractivity (Wildman–Crippen MR) is 115 cm³/mol. The molecule has 1 amide bonds. The molecule has 0 unspecified atom stereocenters. The minimum Gasteiger partial charge on any atom is -0.444 e. The van der Waals surface area contributed by atoms with E-state index < -0.39 is 5.60 Å². The fourth-order valence-corrected chi connectivity index (χ4v) is 4.02. The summed E-state index contributed by atoms with van der Waals surface area (Å²) in [5, 5.41) is 4.52. The molecule has 0 aromatic carbocycles. The van der Waals surface area contributed by atoms with E-state index in [9.17, 15) is 4.79 Å². The molecule has 1 aliphatic rings. The molecule has 28 heavy (non-hydrogen) atoms. The highest BCUT2D eigenvalue weighted by Gasteiger charge is 2.27. The summed E-state index contributed by atoms with van der Waals surface area (Å²) in [4.78, 5) is 26.4. The fourth-order valence-electron chi connectivity index (χ4n) is 3.28. The van der Waals surface area contributed by atoms with Crippen LogP contribution < -0.4 is 5.32 Å². The Morgan fingerprint density at radius 2 is 2.11 bits per heavy atom. The molecule has 0 aliphatic carbocycles. The van der Waals surface area contributed by atoms with Gasteiger partial charge in [-0.15, -0.1) is 11.3 Å². The van der Waals surface area contributed by atoms with Crippen molar-refractivity contribution in [1.29, 1.82) is 0 Å². The molecule has 1 aliphatic heterocycles. The monoisotopic (exact) mass is 409 g/mol. The number of likely N-dealkylation sites (tertiary alicyclic amines) is 1. The molecule has 1 aromatic rings. The third kappa shape index (κ3) is 6.96. The molecule has 2 heterocycles. The van der Waals surface area contributed by atoms with Crippen LogP contribution in [0.25, 0.3) is 0 Å². The topological polar surface area (TPSA) is 70.1 Å². The smallest absolute Gasteiger partial charge is 0.410 e. The number of carbonyl (C=O) groups is 1. The summed E-state index contributed by atoms with van der Waals surface area (Å²) < 4.78 is 5.53. The van der Waals surface area contributed by atoms with Crippen LogP contribution in [0.2, 0.25) is 0 Å². The molecule has 8 heteroatoms. The Morgan fingerprint density at radius 1 is 1.43 bits per heavy atom. The number of hydrogen-bond donors (Lipinski definition) is 1. The summed E-state index contributed by atoms with van der Waals surface area (Å²) in [5.74, 6) is 1.43. The van der Waals surface area contributed by atoms with Gasteiger partial charge in [-0.2, -0.15) is 0 Å². The quantitative estimate of drug-likeness (QED) is 0.595. The van der Waals surface area contributed by atoms with Gasteiger partial charge in [0.2, 0.25) is 0 Å². The molecule has 0 atom stereocenters. The van der Waals surface area contributed by atoms with Crippen molar-refractivity contribution in [2.45, 2.75) is 59.6 Å². The summed E-state index contributed by atoms with van der Waals surface area (Å²) >= 11 is 1.71.